The van der Waals surface area contributed by atoms with Gasteiger partial charge in [0, 0.05) is 19.0 Å². The summed E-state index contributed by atoms with van der Waals surface area (Å²) in [6, 6.07) is 23.8. The molecule has 0 aliphatic heterocycles. The van der Waals surface area contributed by atoms with Crippen LogP contribution in [0.25, 0.3) is 0 Å². The van der Waals surface area contributed by atoms with Crippen LogP contribution in [-0.4, -0.2) is 50.0 Å². The van der Waals surface area contributed by atoms with Crippen LogP contribution in [0.4, 0.5) is 5.69 Å². The van der Waals surface area contributed by atoms with Gasteiger partial charge in [0.05, 0.1) is 11.9 Å². The zero-order valence-corrected chi connectivity index (χ0v) is 24.4. The molecule has 1 N–H and O–H groups in total. The van der Waals surface area contributed by atoms with Crippen molar-refractivity contribution in [3.05, 3.63) is 101 Å². The number of amides is 2. The van der Waals surface area contributed by atoms with Gasteiger partial charge >= 0.3 is 0 Å². The number of rotatable bonds is 11. The fourth-order valence-electron chi connectivity index (χ4n) is 5.30. The van der Waals surface area contributed by atoms with E-state index in [2.05, 4.69) is 5.32 Å². The topological polar surface area (TPSA) is 86.8 Å². The minimum atomic E-state index is -3.80. The van der Waals surface area contributed by atoms with E-state index >= 15 is 0 Å². The number of aryl methyl sites for hydroxylation is 1. The minimum Gasteiger partial charge on any atom is -0.352 e. The molecule has 1 aliphatic rings. The van der Waals surface area contributed by atoms with Crippen LogP contribution in [0.3, 0.4) is 0 Å². The van der Waals surface area contributed by atoms with Gasteiger partial charge in [-0.15, -0.1) is 0 Å². The Morgan fingerprint density at radius 3 is 2.08 bits per heavy atom. The molecule has 3 aromatic carbocycles. The fourth-order valence-corrected chi connectivity index (χ4v) is 6.20. The maximum Gasteiger partial charge on any atom is 0.244 e. The van der Waals surface area contributed by atoms with E-state index in [-0.39, 0.29) is 18.5 Å². The van der Waals surface area contributed by atoms with Crippen LogP contribution in [0, 0.1) is 13.8 Å². The summed E-state index contributed by atoms with van der Waals surface area (Å²) in [5.74, 6) is -0.643. The van der Waals surface area contributed by atoms with Gasteiger partial charge in [0.15, 0.2) is 0 Å². The Kier molecular flexibility index (Phi) is 9.63. The molecular weight excluding hydrogens is 522 g/mol. The molecule has 0 saturated heterocycles. The Bertz CT molecular complexity index is 1400. The summed E-state index contributed by atoms with van der Waals surface area (Å²) in [6.07, 6.45) is 5.41. The Morgan fingerprint density at radius 1 is 0.875 bits per heavy atom. The van der Waals surface area contributed by atoms with Gasteiger partial charge in [0.1, 0.15) is 12.6 Å². The molecule has 0 heterocycles. The lowest BCUT2D eigenvalue weighted by Crippen LogP contribution is -2.54. The molecule has 0 radical (unpaired) electrons. The van der Waals surface area contributed by atoms with Crippen molar-refractivity contribution in [2.45, 2.75) is 64.6 Å². The van der Waals surface area contributed by atoms with Crippen molar-refractivity contribution in [2.24, 2.45) is 0 Å². The molecule has 2 amide bonds. The summed E-state index contributed by atoms with van der Waals surface area (Å²) < 4.78 is 27.2. The molecule has 3 aromatic rings. The summed E-state index contributed by atoms with van der Waals surface area (Å²) in [7, 11) is -3.80. The van der Waals surface area contributed by atoms with E-state index in [0.717, 1.165) is 58.5 Å². The predicted octanol–water partition coefficient (Wildman–Crippen LogP) is 4.77. The minimum absolute atomic E-state index is 0.0851. The summed E-state index contributed by atoms with van der Waals surface area (Å²) in [4.78, 5) is 29.6. The lowest BCUT2D eigenvalue weighted by Gasteiger charge is -2.34. The Morgan fingerprint density at radius 2 is 1.48 bits per heavy atom. The first-order chi connectivity index (χ1) is 19.1. The third kappa shape index (κ3) is 7.50. The maximum atomic E-state index is 14.2. The van der Waals surface area contributed by atoms with Crippen LogP contribution in [0.2, 0.25) is 0 Å². The van der Waals surface area contributed by atoms with Crippen molar-refractivity contribution < 1.29 is 18.0 Å². The van der Waals surface area contributed by atoms with Gasteiger partial charge in [-0.2, -0.15) is 0 Å². The highest BCUT2D eigenvalue weighted by atomic mass is 32.2. The zero-order chi connectivity index (χ0) is 28.7. The molecule has 4 rings (SSSR count). The van der Waals surface area contributed by atoms with E-state index in [9.17, 15) is 18.0 Å². The number of benzene rings is 3. The van der Waals surface area contributed by atoms with Gasteiger partial charge < -0.3 is 10.2 Å². The van der Waals surface area contributed by atoms with Crippen molar-refractivity contribution >= 4 is 27.5 Å². The predicted molar refractivity (Wildman–Crippen MR) is 159 cm³/mol. The molecule has 0 spiro atoms. The van der Waals surface area contributed by atoms with Gasteiger partial charge in [-0.25, -0.2) is 8.42 Å². The summed E-state index contributed by atoms with van der Waals surface area (Å²) in [5.41, 5.74) is 3.97. The average molecular weight is 562 g/mol. The van der Waals surface area contributed by atoms with Gasteiger partial charge in [-0.1, -0.05) is 85.6 Å². The SMILES string of the molecule is Cc1cccc(N(CC(=O)N(Cc2ccccc2)C(Cc2ccccc2)C(=O)NC2CCCC2)S(C)(=O)=O)c1C. The monoisotopic (exact) mass is 561 g/mol. The van der Waals surface area contributed by atoms with Gasteiger partial charge in [0.2, 0.25) is 21.8 Å². The Hall–Kier alpha value is -3.65. The number of carbonyl (C=O) groups is 2. The first-order valence-corrected chi connectivity index (χ1v) is 15.7. The number of carbonyl (C=O) groups excluding carboxylic acids is 2. The third-order valence-corrected chi connectivity index (χ3v) is 8.82. The molecular formula is C32H39N3O4S. The molecule has 1 fully saturated rings. The number of anilines is 1. The summed E-state index contributed by atoms with van der Waals surface area (Å²) >= 11 is 0. The summed E-state index contributed by atoms with van der Waals surface area (Å²) in [5, 5.41) is 3.19. The van der Waals surface area contributed by atoms with E-state index in [1.54, 1.807) is 17.0 Å². The first-order valence-electron chi connectivity index (χ1n) is 13.8. The third-order valence-electron chi connectivity index (χ3n) is 7.69. The lowest BCUT2D eigenvalue weighted by atomic mass is 10.0. The van der Waals surface area contributed by atoms with Gasteiger partial charge in [0.25, 0.3) is 0 Å². The van der Waals surface area contributed by atoms with Crippen molar-refractivity contribution in [2.75, 3.05) is 17.1 Å². The van der Waals surface area contributed by atoms with Crippen LogP contribution < -0.4 is 9.62 Å². The zero-order valence-electron chi connectivity index (χ0n) is 23.5. The smallest absolute Gasteiger partial charge is 0.244 e. The molecule has 212 valence electrons. The highest BCUT2D eigenvalue weighted by Crippen LogP contribution is 2.26. The average Bonchev–Trinajstić information content (AvgIpc) is 3.44. The number of nitrogens with one attached hydrogen (secondary N) is 1. The van der Waals surface area contributed by atoms with E-state index < -0.39 is 28.5 Å². The van der Waals surface area contributed by atoms with Crippen LogP contribution in [0.5, 0.6) is 0 Å². The fraction of sp³-hybridized carbons (Fsp3) is 0.375. The first kappa shape index (κ1) is 29.3. The highest BCUT2D eigenvalue weighted by Gasteiger charge is 2.34. The van der Waals surface area contributed by atoms with E-state index in [0.29, 0.717) is 12.1 Å². The standard InChI is InChI=1S/C32H39N3O4S/c1-24-13-12-20-29(25(24)2)35(40(3,38)39)23-31(36)34(22-27-16-8-5-9-17-27)30(21-26-14-6-4-7-15-26)32(37)33-28-18-10-11-19-28/h4-9,12-17,20,28,30H,10-11,18-19,21-23H2,1-3H3,(H,33,37). The van der Waals surface area contributed by atoms with Gasteiger partial charge in [-0.05, 0) is 55.0 Å². The molecule has 0 bridgehead atoms. The second-order valence-corrected chi connectivity index (χ2v) is 12.6. The van der Waals surface area contributed by atoms with Crippen molar-refractivity contribution in [3.63, 3.8) is 0 Å². The number of hydrogen-bond acceptors (Lipinski definition) is 4. The highest BCUT2D eigenvalue weighted by molar-refractivity contribution is 7.92. The molecule has 0 aromatic heterocycles. The van der Waals surface area contributed by atoms with Crippen molar-refractivity contribution in [1.82, 2.24) is 10.2 Å². The van der Waals surface area contributed by atoms with E-state index in [4.69, 9.17) is 0 Å². The van der Waals surface area contributed by atoms with Crippen LogP contribution in [0.1, 0.15) is 47.9 Å². The Balaban J connectivity index is 1.73. The number of hydrogen-bond donors (Lipinski definition) is 1. The quantitative estimate of drug-likeness (QED) is 0.366. The van der Waals surface area contributed by atoms with Crippen molar-refractivity contribution in [1.29, 1.82) is 0 Å². The van der Waals surface area contributed by atoms with Crippen LogP contribution in [0.15, 0.2) is 78.9 Å². The largest absolute Gasteiger partial charge is 0.352 e. The molecule has 40 heavy (non-hydrogen) atoms. The van der Waals surface area contributed by atoms with Gasteiger partial charge in [-0.3, -0.25) is 13.9 Å². The second kappa shape index (κ2) is 13.1. The number of nitrogens with zero attached hydrogens (tertiary/aromatic N) is 2. The maximum absolute atomic E-state index is 14.2. The molecule has 1 atom stereocenters. The molecule has 7 nitrogen and oxygen atoms in total. The second-order valence-electron chi connectivity index (χ2n) is 10.7. The summed E-state index contributed by atoms with van der Waals surface area (Å²) in [6.45, 7) is 3.53. The molecule has 1 aliphatic carbocycles. The molecule has 1 saturated carbocycles. The van der Waals surface area contributed by atoms with Crippen LogP contribution >= 0.6 is 0 Å². The number of sulfonamides is 1. The van der Waals surface area contributed by atoms with E-state index in [1.165, 1.54) is 0 Å². The van der Waals surface area contributed by atoms with E-state index in [1.807, 2.05) is 80.6 Å². The van der Waals surface area contributed by atoms with Crippen molar-refractivity contribution in [3.8, 4) is 0 Å². The molecule has 8 heteroatoms. The Labute approximate surface area is 238 Å². The normalized spacial score (nSPS) is 14.5. The van der Waals surface area contributed by atoms with Crippen LogP contribution in [-0.2, 0) is 32.6 Å². The lowest BCUT2D eigenvalue weighted by molar-refractivity contribution is -0.140. The molecule has 1 unspecified atom stereocenters.